The second-order valence-corrected chi connectivity index (χ2v) is 4.93. The fraction of sp³-hybridized carbons (Fsp3) is 0.111. The second kappa shape index (κ2) is 5.37. The third kappa shape index (κ3) is 2.50. The molecule has 0 fully saturated rings. The summed E-state index contributed by atoms with van der Waals surface area (Å²) in [6, 6.07) is 16.7. The molecular weight excluding hydrogens is 264 g/mol. The van der Waals surface area contributed by atoms with Gasteiger partial charge in [-0.3, -0.25) is 4.79 Å². The molecule has 0 unspecified atom stereocenters. The number of ketones is 1. The third-order valence-corrected chi connectivity index (χ3v) is 3.56. The van der Waals surface area contributed by atoms with Crippen molar-refractivity contribution >= 4 is 22.9 Å². The molecule has 0 saturated carbocycles. The number of ether oxygens (including phenoxy) is 1. The summed E-state index contributed by atoms with van der Waals surface area (Å²) in [7, 11) is 0. The topological polar surface area (TPSA) is 43.4 Å². The van der Waals surface area contributed by atoms with Gasteiger partial charge in [0.2, 0.25) is 0 Å². The van der Waals surface area contributed by atoms with Gasteiger partial charge in [0.1, 0.15) is 6.61 Å². The number of cyclic esters (lactones) is 1. The summed E-state index contributed by atoms with van der Waals surface area (Å²) in [4.78, 5) is 23.3. The molecular formula is C18H14O3. The molecule has 1 aliphatic heterocycles. The summed E-state index contributed by atoms with van der Waals surface area (Å²) >= 11 is 0. The number of benzene rings is 2. The van der Waals surface area contributed by atoms with E-state index < -0.39 is 0 Å². The van der Waals surface area contributed by atoms with E-state index >= 15 is 0 Å². The van der Waals surface area contributed by atoms with E-state index in [0.717, 1.165) is 16.7 Å². The van der Waals surface area contributed by atoms with Crippen LogP contribution in [0.2, 0.25) is 0 Å². The SMILES string of the molecule is CC(=O)c1ccc(C2=C(c3ccccc3)C(=O)OC2)cc1. The maximum atomic E-state index is 12.0. The van der Waals surface area contributed by atoms with Gasteiger partial charge in [0.15, 0.2) is 5.78 Å². The van der Waals surface area contributed by atoms with Crippen LogP contribution >= 0.6 is 0 Å². The van der Waals surface area contributed by atoms with E-state index in [2.05, 4.69) is 0 Å². The first kappa shape index (κ1) is 13.3. The Kier molecular flexibility index (Phi) is 3.40. The second-order valence-electron chi connectivity index (χ2n) is 4.93. The summed E-state index contributed by atoms with van der Waals surface area (Å²) in [6.45, 7) is 1.80. The van der Waals surface area contributed by atoms with E-state index in [1.54, 1.807) is 12.1 Å². The van der Waals surface area contributed by atoms with Gasteiger partial charge in [0.25, 0.3) is 0 Å². The Hall–Kier alpha value is -2.68. The van der Waals surface area contributed by atoms with Gasteiger partial charge in [0, 0.05) is 11.1 Å². The van der Waals surface area contributed by atoms with Crippen molar-refractivity contribution < 1.29 is 14.3 Å². The minimum absolute atomic E-state index is 0.0255. The fourth-order valence-electron chi connectivity index (χ4n) is 2.44. The highest BCUT2D eigenvalue weighted by Gasteiger charge is 2.26. The summed E-state index contributed by atoms with van der Waals surface area (Å²) in [6.07, 6.45) is 0. The molecule has 0 bridgehead atoms. The van der Waals surface area contributed by atoms with Gasteiger partial charge in [-0.1, -0.05) is 54.6 Å². The molecule has 1 heterocycles. The number of hydrogen-bond acceptors (Lipinski definition) is 3. The molecule has 104 valence electrons. The summed E-state index contributed by atoms with van der Waals surface area (Å²) in [5, 5.41) is 0. The maximum absolute atomic E-state index is 12.0. The summed E-state index contributed by atoms with van der Waals surface area (Å²) < 4.78 is 5.18. The van der Waals surface area contributed by atoms with Crippen molar-refractivity contribution in [3.63, 3.8) is 0 Å². The Morgan fingerprint density at radius 2 is 1.62 bits per heavy atom. The van der Waals surface area contributed by atoms with Gasteiger partial charge in [-0.2, -0.15) is 0 Å². The minimum atomic E-state index is -0.299. The molecule has 3 heteroatoms. The molecule has 2 aromatic carbocycles. The highest BCUT2D eigenvalue weighted by molar-refractivity contribution is 6.27. The molecule has 0 N–H and O–H groups in total. The quantitative estimate of drug-likeness (QED) is 0.638. The van der Waals surface area contributed by atoms with E-state index in [1.807, 2.05) is 42.5 Å². The molecule has 0 saturated heterocycles. The largest absolute Gasteiger partial charge is 0.457 e. The molecule has 0 aromatic heterocycles. The van der Waals surface area contributed by atoms with Crippen LogP contribution in [0.3, 0.4) is 0 Å². The molecule has 2 aromatic rings. The molecule has 0 atom stereocenters. The first-order chi connectivity index (χ1) is 10.2. The lowest BCUT2D eigenvalue weighted by Crippen LogP contribution is -1.98. The number of Topliss-reactive ketones (excluding diaryl/α,β-unsaturated/α-hetero) is 1. The molecule has 0 amide bonds. The lowest BCUT2D eigenvalue weighted by atomic mass is 9.96. The summed E-state index contributed by atoms with van der Waals surface area (Å²) in [5.41, 5.74) is 3.88. The molecule has 1 aliphatic rings. The van der Waals surface area contributed by atoms with Gasteiger partial charge >= 0.3 is 5.97 Å². The lowest BCUT2D eigenvalue weighted by molar-refractivity contribution is -0.133. The molecule has 3 nitrogen and oxygen atoms in total. The number of hydrogen-bond donors (Lipinski definition) is 0. The van der Waals surface area contributed by atoms with Crippen LogP contribution in [0.5, 0.6) is 0 Å². The van der Waals surface area contributed by atoms with E-state index in [-0.39, 0.29) is 18.4 Å². The normalized spacial score (nSPS) is 14.2. The van der Waals surface area contributed by atoms with Crippen molar-refractivity contribution in [1.82, 2.24) is 0 Å². The molecule has 3 rings (SSSR count). The van der Waals surface area contributed by atoms with Gasteiger partial charge < -0.3 is 4.74 Å². The Labute approximate surface area is 122 Å². The van der Waals surface area contributed by atoms with Crippen molar-refractivity contribution in [2.24, 2.45) is 0 Å². The van der Waals surface area contributed by atoms with Crippen molar-refractivity contribution in [2.75, 3.05) is 6.61 Å². The molecule has 0 radical (unpaired) electrons. The Balaban J connectivity index is 2.08. The Bertz CT molecular complexity index is 725. The highest BCUT2D eigenvalue weighted by atomic mass is 16.5. The fourth-order valence-corrected chi connectivity index (χ4v) is 2.44. The van der Waals surface area contributed by atoms with Crippen LogP contribution < -0.4 is 0 Å². The number of rotatable bonds is 3. The van der Waals surface area contributed by atoms with Crippen molar-refractivity contribution in [3.05, 3.63) is 71.3 Å². The Morgan fingerprint density at radius 1 is 0.952 bits per heavy atom. The van der Waals surface area contributed by atoms with Crippen LogP contribution in [0.25, 0.3) is 11.1 Å². The maximum Gasteiger partial charge on any atom is 0.339 e. The standard InChI is InChI=1S/C18H14O3/c1-12(19)13-7-9-14(10-8-13)16-11-21-18(20)17(16)15-5-3-2-4-6-15/h2-10H,11H2,1H3. The lowest BCUT2D eigenvalue weighted by Gasteiger charge is -2.05. The number of carbonyl (C=O) groups excluding carboxylic acids is 2. The first-order valence-electron chi connectivity index (χ1n) is 6.74. The van der Waals surface area contributed by atoms with E-state index in [1.165, 1.54) is 6.92 Å². The zero-order chi connectivity index (χ0) is 14.8. The van der Waals surface area contributed by atoms with Gasteiger partial charge in [-0.25, -0.2) is 4.79 Å². The van der Waals surface area contributed by atoms with Crippen LogP contribution in [0.15, 0.2) is 54.6 Å². The predicted octanol–water partition coefficient (Wildman–Crippen LogP) is 3.36. The van der Waals surface area contributed by atoms with Crippen molar-refractivity contribution in [2.45, 2.75) is 6.92 Å². The van der Waals surface area contributed by atoms with Gasteiger partial charge in [-0.05, 0) is 18.1 Å². The smallest absolute Gasteiger partial charge is 0.339 e. The monoisotopic (exact) mass is 278 g/mol. The third-order valence-electron chi connectivity index (χ3n) is 3.56. The first-order valence-corrected chi connectivity index (χ1v) is 6.74. The zero-order valence-corrected chi connectivity index (χ0v) is 11.6. The average Bonchev–Trinajstić information content (AvgIpc) is 2.90. The molecule has 21 heavy (non-hydrogen) atoms. The highest BCUT2D eigenvalue weighted by Crippen LogP contribution is 2.32. The van der Waals surface area contributed by atoms with Crippen LogP contribution in [0, 0.1) is 0 Å². The van der Waals surface area contributed by atoms with E-state index in [9.17, 15) is 9.59 Å². The van der Waals surface area contributed by atoms with Crippen LogP contribution in [0.1, 0.15) is 28.4 Å². The summed E-state index contributed by atoms with van der Waals surface area (Å²) in [5.74, 6) is -0.274. The average molecular weight is 278 g/mol. The molecule has 0 spiro atoms. The van der Waals surface area contributed by atoms with Crippen LogP contribution in [0.4, 0.5) is 0 Å². The van der Waals surface area contributed by atoms with E-state index in [0.29, 0.717) is 11.1 Å². The molecule has 0 aliphatic carbocycles. The van der Waals surface area contributed by atoms with Crippen LogP contribution in [-0.2, 0) is 9.53 Å². The number of carbonyl (C=O) groups is 2. The van der Waals surface area contributed by atoms with Gasteiger partial charge in [0.05, 0.1) is 5.57 Å². The zero-order valence-electron chi connectivity index (χ0n) is 11.6. The Morgan fingerprint density at radius 3 is 2.24 bits per heavy atom. The van der Waals surface area contributed by atoms with Crippen molar-refractivity contribution in [3.8, 4) is 0 Å². The van der Waals surface area contributed by atoms with Crippen molar-refractivity contribution in [1.29, 1.82) is 0 Å². The van der Waals surface area contributed by atoms with Gasteiger partial charge in [-0.15, -0.1) is 0 Å². The predicted molar refractivity (Wildman–Crippen MR) is 80.7 cm³/mol. The minimum Gasteiger partial charge on any atom is -0.457 e. The number of esters is 1. The van der Waals surface area contributed by atoms with E-state index in [4.69, 9.17) is 4.74 Å². The van der Waals surface area contributed by atoms with Crippen LogP contribution in [-0.4, -0.2) is 18.4 Å².